The number of nitrogens with zero attached hydrogens (tertiary/aromatic N) is 1. The van der Waals surface area contributed by atoms with Crippen LogP contribution in [-0.2, 0) is 13.1 Å². The largest absolute Gasteiger partial charge is 0.316 e. The van der Waals surface area contributed by atoms with E-state index in [4.69, 9.17) is 0 Å². The van der Waals surface area contributed by atoms with Crippen molar-refractivity contribution in [3.05, 3.63) is 96.1 Å². The van der Waals surface area contributed by atoms with Crippen molar-refractivity contribution in [2.75, 3.05) is 13.1 Å². The van der Waals surface area contributed by atoms with Crippen molar-refractivity contribution in [3.63, 3.8) is 0 Å². The SMILES string of the molecule is CCCCCCCCCC/C=C/CCCCCCC[N+](CCCCCCC/C=C/CCCCCCCCCC)(Cc1ccccc1)Cc1ccccc1. The first-order chi connectivity index (χ1) is 26.3. The molecule has 2 rings (SSSR count). The van der Waals surface area contributed by atoms with Gasteiger partial charge in [-0.15, -0.1) is 0 Å². The number of hydrogen-bond acceptors (Lipinski definition) is 0. The zero-order valence-corrected chi connectivity index (χ0v) is 35.6. The van der Waals surface area contributed by atoms with Crippen LogP contribution in [0, 0.1) is 0 Å². The summed E-state index contributed by atoms with van der Waals surface area (Å²) in [6.07, 6.45) is 51.4. The molecule has 1 nitrogen and oxygen atoms in total. The lowest BCUT2D eigenvalue weighted by molar-refractivity contribution is -0.954. The lowest BCUT2D eigenvalue weighted by atomic mass is 10.0. The van der Waals surface area contributed by atoms with E-state index < -0.39 is 0 Å². The molecular formula is C52H88N+. The number of rotatable bonds is 38. The highest BCUT2D eigenvalue weighted by Crippen LogP contribution is 2.24. The molecule has 0 saturated carbocycles. The Balaban J connectivity index is 1.69. The van der Waals surface area contributed by atoms with E-state index in [1.54, 1.807) is 0 Å². The lowest BCUT2D eigenvalue weighted by Crippen LogP contribution is -2.48. The molecular weight excluding hydrogens is 639 g/mol. The molecule has 1 heteroatoms. The Hall–Kier alpha value is -2.12. The molecule has 0 amide bonds. The summed E-state index contributed by atoms with van der Waals surface area (Å²) in [5.41, 5.74) is 3.00. The molecule has 300 valence electrons. The van der Waals surface area contributed by atoms with Crippen LogP contribution in [0.1, 0.15) is 218 Å². The van der Waals surface area contributed by atoms with Crippen LogP contribution in [-0.4, -0.2) is 17.6 Å². The van der Waals surface area contributed by atoms with Crippen molar-refractivity contribution in [2.45, 2.75) is 220 Å². The average molecular weight is 727 g/mol. The molecule has 0 N–H and O–H groups in total. The predicted octanol–water partition coefficient (Wildman–Crippen LogP) is 17.1. The van der Waals surface area contributed by atoms with Crippen LogP contribution in [0.3, 0.4) is 0 Å². The number of allylic oxidation sites excluding steroid dienone is 4. The molecule has 0 atom stereocenters. The zero-order chi connectivity index (χ0) is 37.6. The maximum atomic E-state index is 2.47. The molecule has 2 aromatic carbocycles. The Morgan fingerprint density at radius 3 is 0.887 bits per heavy atom. The van der Waals surface area contributed by atoms with Gasteiger partial charge in [-0.05, 0) is 77.0 Å². The fourth-order valence-corrected chi connectivity index (χ4v) is 8.17. The van der Waals surface area contributed by atoms with Crippen LogP contribution in [0.5, 0.6) is 0 Å². The molecule has 0 aliphatic carbocycles. The van der Waals surface area contributed by atoms with Crippen molar-refractivity contribution in [2.24, 2.45) is 0 Å². The predicted molar refractivity (Wildman–Crippen MR) is 238 cm³/mol. The molecule has 0 spiro atoms. The molecule has 0 aliphatic heterocycles. The molecule has 2 aromatic rings. The Morgan fingerprint density at radius 1 is 0.321 bits per heavy atom. The Bertz CT molecular complexity index is 981. The van der Waals surface area contributed by atoms with E-state index in [1.165, 1.54) is 221 Å². The highest BCUT2D eigenvalue weighted by molar-refractivity contribution is 5.15. The van der Waals surface area contributed by atoms with E-state index in [-0.39, 0.29) is 0 Å². The molecule has 0 bridgehead atoms. The Morgan fingerprint density at radius 2 is 0.585 bits per heavy atom. The van der Waals surface area contributed by atoms with Gasteiger partial charge in [0.15, 0.2) is 0 Å². The third-order valence-electron chi connectivity index (χ3n) is 11.5. The first kappa shape index (κ1) is 47.0. The van der Waals surface area contributed by atoms with Crippen LogP contribution in [0.2, 0.25) is 0 Å². The fraction of sp³-hybridized carbons (Fsp3) is 0.692. The highest BCUT2D eigenvalue weighted by Gasteiger charge is 2.27. The summed E-state index contributed by atoms with van der Waals surface area (Å²) in [5.74, 6) is 0. The minimum atomic E-state index is 1.16. The van der Waals surface area contributed by atoms with Crippen LogP contribution >= 0.6 is 0 Å². The number of hydrogen-bond donors (Lipinski definition) is 0. The number of benzene rings is 2. The summed E-state index contributed by atoms with van der Waals surface area (Å²) in [7, 11) is 0. The quantitative estimate of drug-likeness (QED) is 0.0367. The molecule has 0 unspecified atom stereocenters. The van der Waals surface area contributed by atoms with Gasteiger partial charge < -0.3 is 4.48 Å². The van der Waals surface area contributed by atoms with E-state index in [9.17, 15) is 0 Å². The summed E-state index contributed by atoms with van der Waals surface area (Å²) < 4.78 is 1.21. The normalized spacial score (nSPS) is 12.1. The highest BCUT2D eigenvalue weighted by atomic mass is 15.3. The minimum Gasteiger partial charge on any atom is -0.316 e. The van der Waals surface area contributed by atoms with Crippen molar-refractivity contribution in [3.8, 4) is 0 Å². The van der Waals surface area contributed by atoms with Crippen molar-refractivity contribution < 1.29 is 4.48 Å². The van der Waals surface area contributed by atoms with Crippen LogP contribution in [0.25, 0.3) is 0 Å². The lowest BCUT2D eigenvalue weighted by Gasteiger charge is -2.39. The van der Waals surface area contributed by atoms with E-state index >= 15 is 0 Å². The average Bonchev–Trinajstić information content (AvgIpc) is 3.18. The molecule has 0 saturated heterocycles. The number of unbranched alkanes of at least 4 members (excludes halogenated alkanes) is 26. The summed E-state index contributed by atoms with van der Waals surface area (Å²) in [5, 5.41) is 0. The molecule has 0 aliphatic rings. The second-order valence-corrected chi connectivity index (χ2v) is 16.7. The minimum absolute atomic E-state index is 1.16. The van der Waals surface area contributed by atoms with Gasteiger partial charge in [0.25, 0.3) is 0 Å². The Kier molecular flexibility index (Phi) is 31.6. The van der Waals surface area contributed by atoms with Gasteiger partial charge in [-0.1, -0.05) is 214 Å². The zero-order valence-electron chi connectivity index (χ0n) is 35.6. The third-order valence-corrected chi connectivity index (χ3v) is 11.5. The monoisotopic (exact) mass is 727 g/mol. The van der Waals surface area contributed by atoms with Gasteiger partial charge in [0.05, 0.1) is 13.1 Å². The molecule has 0 aromatic heterocycles. The number of quaternary nitrogens is 1. The third kappa shape index (κ3) is 28.0. The second-order valence-electron chi connectivity index (χ2n) is 16.7. The van der Waals surface area contributed by atoms with Gasteiger partial charge in [-0.2, -0.15) is 0 Å². The molecule has 0 radical (unpaired) electrons. The van der Waals surface area contributed by atoms with Crippen molar-refractivity contribution >= 4 is 0 Å². The molecule has 0 fully saturated rings. The topological polar surface area (TPSA) is 0 Å². The van der Waals surface area contributed by atoms with Crippen LogP contribution in [0.15, 0.2) is 85.0 Å². The van der Waals surface area contributed by atoms with Crippen molar-refractivity contribution in [1.82, 2.24) is 0 Å². The van der Waals surface area contributed by atoms with Gasteiger partial charge in [0.1, 0.15) is 13.1 Å². The first-order valence-electron chi connectivity index (χ1n) is 23.5. The second kappa shape index (κ2) is 35.6. The Labute approximate surface area is 332 Å². The summed E-state index contributed by atoms with van der Waals surface area (Å²) in [6.45, 7) is 9.52. The van der Waals surface area contributed by atoms with E-state index in [0.717, 1.165) is 13.1 Å². The maximum Gasteiger partial charge on any atom is 0.105 e. The fourth-order valence-electron chi connectivity index (χ4n) is 8.17. The summed E-state index contributed by atoms with van der Waals surface area (Å²) in [6, 6.07) is 22.7. The van der Waals surface area contributed by atoms with Gasteiger partial charge in [-0.25, -0.2) is 0 Å². The van der Waals surface area contributed by atoms with Gasteiger partial charge in [-0.3, -0.25) is 0 Å². The summed E-state index contributed by atoms with van der Waals surface area (Å²) >= 11 is 0. The summed E-state index contributed by atoms with van der Waals surface area (Å²) in [4.78, 5) is 0. The van der Waals surface area contributed by atoms with E-state index in [1.807, 2.05) is 0 Å². The van der Waals surface area contributed by atoms with Gasteiger partial charge in [0.2, 0.25) is 0 Å². The van der Waals surface area contributed by atoms with E-state index in [0.29, 0.717) is 0 Å². The smallest absolute Gasteiger partial charge is 0.105 e. The van der Waals surface area contributed by atoms with Crippen LogP contribution < -0.4 is 0 Å². The van der Waals surface area contributed by atoms with Crippen molar-refractivity contribution in [1.29, 1.82) is 0 Å². The maximum absolute atomic E-state index is 2.47. The molecule has 0 heterocycles. The van der Waals surface area contributed by atoms with Gasteiger partial charge in [0, 0.05) is 11.1 Å². The van der Waals surface area contributed by atoms with Crippen LogP contribution in [0.4, 0.5) is 0 Å². The molecule has 53 heavy (non-hydrogen) atoms. The standard InChI is InChI=1S/C52H88N/c1-3-5-7-9-11-13-15-17-19-21-23-25-27-29-31-33-41-47-53(49-51-43-37-35-38-44-51,50-52-45-39-36-40-46-52)48-42-34-32-30-28-26-24-22-20-18-16-14-12-10-8-6-4-2/h21-24,35-40,43-46H,3-20,25-34,41-42,47-50H2,1-2H3/q+1/b23-21+,24-22+. The van der Waals surface area contributed by atoms with E-state index in [2.05, 4.69) is 98.8 Å². The van der Waals surface area contributed by atoms with Gasteiger partial charge >= 0.3 is 0 Å². The first-order valence-corrected chi connectivity index (χ1v) is 23.5.